The molecule has 0 amide bonds. The van der Waals surface area contributed by atoms with Gasteiger partial charge in [0.1, 0.15) is 12.3 Å². The number of nitrogens with zero attached hydrogens (tertiary/aromatic N) is 2. The Morgan fingerprint density at radius 2 is 1.81 bits per heavy atom. The van der Waals surface area contributed by atoms with E-state index in [0.29, 0.717) is 19.1 Å². The first-order chi connectivity index (χ1) is 12.5. The highest BCUT2D eigenvalue weighted by Crippen LogP contribution is 2.28. The van der Waals surface area contributed by atoms with Crippen LogP contribution in [0.15, 0.2) is 64.6 Å². The van der Waals surface area contributed by atoms with E-state index in [1.54, 1.807) is 7.11 Å². The summed E-state index contributed by atoms with van der Waals surface area (Å²) in [5.41, 5.74) is 3.72. The van der Waals surface area contributed by atoms with Gasteiger partial charge in [-0.05, 0) is 11.5 Å². The fraction of sp³-hybridized carbons (Fsp3) is 0.364. The summed E-state index contributed by atoms with van der Waals surface area (Å²) in [4.78, 5) is 9.77. The van der Waals surface area contributed by atoms with Crippen LogP contribution in [0.4, 0.5) is 5.69 Å². The maximum absolute atomic E-state index is 5.97. The van der Waals surface area contributed by atoms with E-state index in [2.05, 4.69) is 20.8 Å². The summed E-state index contributed by atoms with van der Waals surface area (Å²) in [7, 11) is 1.69. The average molecular weight is 350 g/mol. The number of hydrogen-bond donors (Lipinski definition) is 0. The van der Waals surface area contributed by atoms with Crippen molar-refractivity contribution in [2.24, 2.45) is 15.4 Å². The first kappa shape index (κ1) is 18.3. The van der Waals surface area contributed by atoms with Gasteiger partial charge in [0.15, 0.2) is 0 Å². The van der Waals surface area contributed by atoms with Gasteiger partial charge in [0, 0.05) is 18.2 Å². The van der Waals surface area contributed by atoms with E-state index in [1.807, 2.05) is 54.6 Å². The monoisotopic (exact) mass is 350 g/mol. The molecule has 1 aliphatic rings. The molecule has 4 nitrogen and oxygen atoms in total. The Kier molecular flexibility index (Phi) is 5.52. The first-order valence-electron chi connectivity index (χ1n) is 8.91. The van der Waals surface area contributed by atoms with Crippen LogP contribution in [0.1, 0.15) is 31.9 Å². The van der Waals surface area contributed by atoms with Gasteiger partial charge in [0.2, 0.25) is 5.90 Å². The molecular weight excluding hydrogens is 324 g/mol. The van der Waals surface area contributed by atoms with Crippen LogP contribution in [-0.4, -0.2) is 31.4 Å². The Labute approximate surface area is 155 Å². The van der Waals surface area contributed by atoms with Crippen molar-refractivity contribution in [3.05, 3.63) is 65.7 Å². The summed E-state index contributed by atoms with van der Waals surface area (Å²) >= 11 is 0. The zero-order chi connectivity index (χ0) is 18.6. The molecule has 0 N–H and O–H groups in total. The minimum absolute atomic E-state index is 0.0531. The molecule has 0 unspecified atom stereocenters. The SMILES string of the molecule is COCc1ccccc1N=C(C1=N[C@@H](C(C)(C)C)CO1)c1ccccc1. The quantitative estimate of drug-likeness (QED) is 0.727. The molecule has 0 aliphatic carbocycles. The van der Waals surface area contributed by atoms with E-state index in [0.717, 1.165) is 22.5 Å². The Morgan fingerprint density at radius 3 is 2.46 bits per heavy atom. The number of ether oxygens (including phenoxy) is 2. The van der Waals surface area contributed by atoms with Crippen molar-refractivity contribution in [2.75, 3.05) is 13.7 Å². The van der Waals surface area contributed by atoms with Crippen LogP contribution in [0.3, 0.4) is 0 Å². The lowest BCUT2D eigenvalue weighted by Crippen LogP contribution is -2.25. The van der Waals surface area contributed by atoms with Crippen LogP contribution in [0.5, 0.6) is 0 Å². The fourth-order valence-corrected chi connectivity index (χ4v) is 2.80. The highest BCUT2D eigenvalue weighted by Gasteiger charge is 2.32. The van der Waals surface area contributed by atoms with Crippen molar-refractivity contribution in [3.8, 4) is 0 Å². The number of hydrogen-bond acceptors (Lipinski definition) is 4. The minimum atomic E-state index is 0.0531. The molecule has 3 rings (SSSR count). The summed E-state index contributed by atoms with van der Waals surface area (Å²) < 4.78 is 11.3. The van der Waals surface area contributed by atoms with Gasteiger partial charge < -0.3 is 9.47 Å². The molecule has 1 atom stereocenters. The molecule has 2 aromatic carbocycles. The van der Waals surface area contributed by atoms with Crippen molar-refractivity contribution in [1.29, 1.82) is 0 Å². The standard InChI is InChI=1S/C22H26N2O2/c1-22(2,3)19-15-26-21(24-19)20(16-10-6-5-7-11-16)23-18-13-9-8-12-17(18)14-25-4/h5-13,19H,14-15H2,1-4H3/t19-/m1/s1. The Balaban J connectivity index is 2.06. The number of para-hydroxylation sites is 1. The van der Waals surface area contributed by atoms with E-state index in [4.69, 9.17) is 19.5 Å². The molecule has 0 aromatic heterocycles. The first-order valence-corrected chi connectivity index (χ1v) is 8.91. The van der Waals surface area contributed by atoms with Gasteiger partial charge in [-0.3, -0.25) is 0 Å². The third-order valence-electron chi connectivity index (χ3n) is 4.42. The van der Waals surface area contributed by atoms with Crippen LogP contribution in [0, 0.1) is 5.41 Å². The van der Waals surface area contributed by atoms with Gasteiger partial charge in [0.05, 0.1) is 18.3 Å². The second-order valence-corrected chi connectivity index (χ2v) is 7.52. The third kappa shape index (κ3) is 4.20. The van der Waals surface area contributed by atoms with E-state index in [1.165, 1.54) is 0 Å². The van der Waals surface area contributed by atoms with Crippen LogP contribution in [-0.2, 0) is 16.1 Å². The molecule has 0 radical (unpaired) electrons. The molecule has 26 heavy (non-hydrogen) atoms. The lowest BCUT2D eigenvalue weighted by Gasteiger charge is -2.21. The number of aliphatic imine (C=N–C) groups is 2. The zero-order valence-electron chi connectivity index (χ0n) is 15.9. The van der Waals surface area contributed by atoms with E-state index < -0.39 is 0 Å². The van der Waals surface area contributed by atoms with E-state index in [-0.39, 0.29) is 11.5 Å². The molecule has 0 bridgehead atoms. The third-order valence-corrected chi connectivity index (χ3v) is 4.42. The van der Waals surface area contributed by atoms with Gasteiger partial charge in [0.25, 0.3) is 0 Å². The number of rotatable bonds is 5. The predicted octanol–water partition coefficient (Wildman–Crippen LogP) is 4.80. The second kappa shape index (κ2) is 7.83. The van der Waals surface area contributed by atoms with Crippen molar-refractivity contribution >= 4 is 17.3 Å². The normalized spacial score (nSPS) is 17.8. The number of methoxy groups -OCH3 is 1. The zero-order valence-corrected chi connectivity index (χ0v) is 15.9. The molecule has 0 saturated carbocycles. The van der Waals surface area contributed by atoms with Crippen LogP contribution in [0.25, 0.3) is 0 Å². The summed E-state index contributed by atoms with van der Waals surface area (Å²) in [5.74, 6) is 0.614. The molecule has 1 heterocycles. The van der Waals surface area contributed by atoms with Gasteiger partial charge in [-0.15, -0.1) is 0 Å². The van der Waals surface area contributed by atoms with Crippen molar-refractivity contribution in [2.45, 2.75) is 33.4 Å². The van der Waals surface area contributed by atoms with Gasteiger partial charge in [-0.1, -0.05) is 69.3 Å². The van der Waals surface area contributed by atoms with Crippen molar-refractivity contribution < 1.29 is 9.47 Å². The van der Waals surface area contributed by atoms with Gasteiger partial charge in [-0.25, -0.2) is 9.98 Å². The largest absolute Gasteiger partial charge is 0.474 e. The van der Waals surface area contributed by atoms with E-state index in [9.17, 15) is 0 Å². The predicted molar refractivity (Wildman–Crippen MR) is 106 cm³/mol. The maximum atomic E-state index is 5.97. The highest BCUT2D eigenvalue weighted by molar-refractivity contribution is 6.46. The highest BCUT2D eigenvalue weighted by atomic mass is 16.5. The summed E-state index contributed by atoms with van der Waals surface area (Å²) in [6.45, 7) is 7.65. The maximum Gasteiger partial charge on any atom is 0.236 e. The summed E-state index contributed by atoms with van der Waals surface area (Å²) in [6, 6.07) is 18.2. The smallest absolute Gasteiger partial charge is 0.236 e. The summed E-state index contributed by atoms with van der Waals surface area (Å²) in [5, 5.41) is 0. The Morgan fingerprint density at radius 1 is 1.12 bits per heavy atom. The van der Waals surface area contributed by atoms with Crippen LogP contribution in [0.2, 0.25) is 0 Å². The molecule has 0 fully saturated rings. The topological polar surface area (TPSA) is 43.2 Å². The molecule has 0 saturated heterocycles. The van der Waals surface area contributed by atoms with Gasteiger partial charge in [-0.2, -0.15) is 0 Å². The van der Waals surface area contributed by atoms with Crippen LogP contribution >= 0.6 is 0 Å². The van der Waals surface area contributed by atoms with Gasteiger partial charge >= 0.3 is 0 Å². The molecule has 0 spiro atoms. The molecule has 136 valence electrons. The summed E-state index contributed by atoms with van der Waals surface area (Å²) in [6.07, 6.45) is 0. The second-order valence-electron chi connectivity index (χ2n) is 7.52. The van der Waals surface area contributed by atoms with E-state index >= 15 is 0 Å². The Hall–Kier alpha value is -2.46. The van der Waals surface area contributed by atoms with Crippen molar-refractivity contribution in [3.63, 3.8) is 0 Å². The Bertz CT molecular complexity index is 804. The molecular formula is C22H26N2O2. The number of benzene rings is 2. The fourth-order valence-electron chi connectivity index (χ4n) is 2.80. The van der Waals surface area contributed by atoms with Crippen LogP contribution < -0.4 is 0 Å². The molecule has 4 heteroatoms. The molecule has 1 aliphatic heterocycles. The minimum Gasteiger partial charge on any atom is -0.474 e. The average Bonchev–Trinajstić information content (AvgIpc) is 3.12. The molecule has 2 aromatic rings. The lowest BCUT2D eigenvalue weighted by atomic mass is 9.88. The van der Waals surface area contributed by atoms with Crippen molar-refractivity contribution in [1.82, 2.24) is 0 Å². The lowest BCUT2D eigenvalue weighted by molar-refractivity contribution is 0.185.